The summed E-state index contributed by atoms with van der Waals surface area (Å²) in [4.78, 5) is 28.4. The van der Waals surface area contributed by atoms with E-state index < -0.39 is 5.97 Å². The van der Waals surface area contributed by atoms with Crippen LogP contribution in [0.1, 0.15) is 40.6 Å². The van der Waals surface area contributed by atoms with Gasteiger partial charge >= 0.3 is 5.97 Å². The number of aromatic nitrogens is 1. The third-order valence-corrected chi connectivity index (χ3v) is 3.78. The van der Waals surface area contributed by atoms with E-state index in [0.29, 0.717) is 5.92 Å². The number of amides is 1. The number of nitrogens with zero attached hydrogens (tertiary/aromatic N) is 2. The molecule has 2 unspecified atom stereocenters. The first-order valence-electron chi connectivity index (χ1n) is 5.49. The molecule has 2 heterocycles. The van der Waals surface area contributed by atoms with Crippen molar-refractivity contribution in [2.24, 2.45) is 5.92 Å². The maximum absolute atomic E-state index is 12.1. The van der Waals surface area contributed by atoms with Gasteiger partial charge in [0, 0.05) is 18.0 Å². The fourth-order valence-electron chi connectivity index (χ4n) is 2.18. The number of aromatic carboxylic acids is 1. The Bertz CT molecular complexity index is 457. The van der Waals surface area contributed by atoms with Gasteiger partial charge in [-0.25, -0.2) is 9.78 Å². The summed E-state index contributed by atoms with van der Waals surface area (Å²) in [6, 6.07) is 0.203. The fourth-order valence-corrected chi connectivity index (χ4v) is 2.92. The molecule has 17 heavy (non-hydrogen) atoms. The minimum atomic E-state index is -1.09. The fraction of sp³-hybridized carbons (Fsp3) is 0.545. The summed E-state index contributed by atoms with van der Waals surface area (Å²) in [5, 5.41) is 10.4. The maximum atomic E-state index is 12.1. The zero-order valence-corrected chi connectivity index (χ0v) is 10.5. The van der Waals surface area contributed by atoms with Crippen LogP contribution in [-0.4, -0.2) is 39.5 Å². The molecule has 1 amide bonds. The standard InChI is InChI=1S/C11H14N2O3S/c1-6-3-7(2)13(4-6)10(14)9-12-8(5-17-9)11(15)16/h5-7H,3-4H2,1-2H3,(H,15,16). The van der Waals surface area contributed by atoms with Crippen molar-refractivity contribution in [1.82, 2.24) is 9.88 Å². The van der Waals surface area contributed by atoms with Gasteiger partial charge in [0.25, 0.3) is 5.91 Å². The predicted octanol–water partition coefficient (Wildman–Crippen LogP) is 1.71. The van der Waals surface area contributed by atoms with Crippen molar-refractivity contribution in [3.8, 4) is 0 Å². The molecule has 0 bridgehead atoms. The van der Waals surface area contributed by atoms with Crippen LogP contribution in [0, 0.1) is 5.92 Å². The average Bonchev–Trinajstić information content (AvgIpc) is 2.84. The summed E-state index contributed by atoms with van der Waals surface area (Å²) in [5.41, 5.74) is -0.0572. The van der Waals surface area contributed by atoms with Crippen LogP contribution >= 0.6 is 11.3 Å². The van der Waals surface area contributed by atoms with Crippen LogP contribution in [0.5, 0.6) is 0 Å². The lowest BCUT2D eigenvalue weighted by atomic mass is 10.1. The van der Waals surface area contributed by atoms with E-state index in [9.17, 15) is 9.59 Å². The van der Waals surface area contributed by atoms with Crippen LogP contribution in [0.3, 0.4) is 0 Å². The van der Waals surface area contributed by atoms with Gasteiger partial charge in [0.1, 0.15) is 0 Å². The SMILES string of the molecule is CC1CC(C)N(C(=O)c2nc(C(=O)O)cs2)C1. The summed E-state index contributed by atoms with van der Waals surface area (Å²) >= 11 is 1.09. The Balaban J connectivity index is 2.16. The lowest BCUT2D eigenvalue weighted by Gasteiger charge is -2.19. The lowest BCUT2D eigenvalue weighted by Crippen LogP contribution is -2.33. The molecule has 0 aliphatic carbocycles. The van der Waals surface area contributed by atoms with Gasteiger partial charge in [-0.2, -0.15) is 0 Å². The molecule has 0 spiro atoms. The molecular weight excluding hydrogens is 240 g/mol. The second kappa shape index (κ2) is 4.44. The molecule has 6 heteroatoms. The topological polar surface area (TPSA) is 70.5 Å². The minimum absolute atomic E-state index is 0.0572. The Morgan fingerprint density at radius 3 is 2.71 bits per heavy atom. The average molecular weight is 254 g/mol. The van der Waals surface area contributed by atoms with Gasteiger partial charge in [0.05, 0.1) is 0 Å². The second-order valence-electron chi connectivity index (χ2n) is 4.49. The first-order valence-corrected chi connectivity index (χ1v) is 6.36. The monoisotopic (exact) mass is 254 g/mol. The van der Waals surface area contributed by atoms with Crippen molar-refractivity contribution in [1.29, 1.82) is 0 Å². The number of thiazole rings is 1. The first kappa shape index (κ1) is 12.0. The van der Waals surface area contributed by atoms with Gasteiger partial charge in [-0.3, -0.25) is 4.79 Å². The Hall–Kier alpha value is -1.43. The minimum Gasteiger partial charge on any atom is -0.476 e. The molecule has 2 atom stereocenters. The van der Waals surface area contributed by atoms with E-state index >= 15 is 0 Å². The quantitative estimate of drug-likeness (QED) is 0.872. The molecule has 1 N–H and O–H groups in total. The van der Waals surface area contributed by atoms with E-state index in [1.807, 2.05) is 6.92 Å². The highest BCUT2D eigenvalue weighted by Gasteiger charge is 2.32. The van der Waals surface area contributed by atoms with Gasteiger partial charge in [-0.1, -0.05) is 6.92 Å². The Morgan fingerprint density at radius 1 is 1.53 bits per heavy atom. The van der Waals surface area contributed by atoms with Crippen LogP contribution in [0.2, 0.25) is 0 Å². The number of carbonyl (C=O) groups is 2. The molecule has 2 rings (SSSR count). The molecule has 0 saturated carbocycles. The van der Waals surface area contributed by atoms with E-state index in [1.165, 1.54) is 5.38 Å². The van der Waals surface area contributed by atoms with Gasteiger partial charge < -0.3 is 10.0 Å². The van der Waals surface area contributed by atoms with Crippen molar-refractivity contribution >= 4 is 23.2 Å². The number of carboxylic acid groups (broad SMARTS) is 1. The second-order valence-corrected chi connectivity index (χ2v) is 5.35. The van der Waals surface area contributed by atoms with Gasteiger partial charge in [0.15, 0.2) is 10.7 Å². The van der Waals surface area contributed by atoms with E-state index in [4.69, 9.17) is 5.11 Å². The number of hydrogen-bond acceptors (Lipinski definition) is 4. The number of carboxylic acids is 1. The van der Waals surface area contributed by atoms with E-state index in [2.05, 4.69) is 11.9 Å². The summed E-state index contributed by atoms with van der Waals surface area (Å²) < 4.78 is 0. The smallest absolute Gasteiger partial charge is 0.355 e. The zero-order valence-electron chi connectivity index (χ0n) is 9.71. The van der Waals surface area contributed by atoms with Crippen LogP contribution in [-0.2, 0) is 0 Å². The van der Waals surface area contributed by atoms with Crippen molar-refractivity contribution in [3.63, 3.8) is 0 Å². The normalized spacial score (nSPS) is 24.0. The van der Waals surface area contributed by atoms with Crippen molar-refractivity contribution in [2.75, 3.05) is 6.54 Å². The van der Waals surface area contributed by atoms with E-state index in [1.54, 1.807) is 4.90 Å². The predicted molar refractivity (Wildman–Crippen MR) is 63.4 cm³/mol. The molecule has 92 valence electrons. The van der Waals surface area contributed by atoms with Crippen molar-refractivity contribution in [2.45, 2.75) is 26.3 Å². The molecule has 1 saturated heterocycles. The largest absolute Gasteiger partial charge is 0.476 e. The van der Waals surface area contributed by atoms with Gasteiger partial charge in [0.2, 0.25) is 0 Å². The highest BCUT2D eigenvalue weighted by atomic mass is 32.1. The van der Waals surface area contributed by atoms with E-state index in [-0.39, 0.29) is 22.7 Å². The molecular formula is C11H14N2O3S. The van der Waals surface area contributed by atoms with Crippen LogP contribution in [0.4, 0.5) is 0 Å². The number of hydrogen-bond donors (Lipinski definition) is 1. The Morgan fingerprint density at radius 2 is 2.24 bits per heavy atom. The molecule has 1 aliphatic heterocycles. The summed E-state index contributed by atoms with van der Waals surface area (Å²) in [7, 11) is 0. The van der Waals surface area contributed by atoms with Gasteiger partial charge in [-0.15, -0.1) is 11.3 Å². The summed E-state index contributed by atoms with van der Waals surface area (Å²) in [6.07, 6.45) is 0.989. The highest BCUT2D eigenvalue weighted by Crippen LogP contribution is 2.25. The number of likely N-dealkylation sites (tertiary alicyclic amines) is 1. The third-order valence-electron chi connectivity index (χ3n) is 2.95. The first-order chi connectivity index (χ1) is 7.99. The molecule has 1 fully saturated rings. The summed E-state index contributed by atoms with van der Waals surface area (Å²) in [5.74, 6) is -0.754. The van der Waals surface area contributed by atoms with Crippen molar-refractivity contribution in [3.05, 3.63) is 16.1 Å². The van der Waals surface area contributed by atoms with E-state index in [0.717, 1.165) is 24.3 Å². The lowest BCUT2D eigenvalue weighted by molar-refractivity contribution is 0.0691. The Kier molecular flexibility index (Phi) is 3.15. The van der Waals surface area contributed by atoms with Crippen molar-refractivity contribution < 1.29 is 14.7 Å². The number of carbonyl (C=O) groups excluding carboxylic acids is 1. The highest BCUT2D eigenvalue weighted by molar-refractivity contribution is 7.11. The molecule has 1 aromatic rings. The zero-order chi connectivity index (χ0) is 12.6. The molecule has 1 aliphatic rings. The Labute approximate surface area is 103 Å². The van der Waals surface area contributed by atoms with Crippen LogP contribution in [0.25, 0.3) is 0 Å². The van der Waals surface area contributed by atoms with Crippen LogP contribution in [0.15, 0.2) is 5.38 Å². The molecule has 0 radical (unpaired) electrons. The van der Waals surface area contributed by atoms with Gasteiger partial charge in [-0.05, 0) is 19.3 Å². The number of rotatable bonds is 2. The molecule has 1 aromatic heterocycles. The summed E-state index contributed by atoms with van der Waals surface area (Å²) in [6.45, 7) is 4.84. The third kappa shape index (κ3) is 2.31. The van der Waals surface area contributed by atoms with Crippen LogP contribution < -0.4 is 0 Å². The maximum Gasteiger partial charge on any atom is 0.355 e. The molecule has 5 nitrogen and oxygen atoms in total. The molecule has 0 aromatic carbocycles.